The lowest BCUT2D eigenvalue weighted by Crippen LogP contribution is -2.35. The minimum Gasteiger partial charge on any atom is -0.379 e. The maximum atomic E-state index is 12.9. The average Bonchev–Trinajstić information content (AvgIpc) is 3.47. The van der Waals surface area contributed by atoms with E-state index in [1.807, 2.05) is 34.9 Å². The maximum Gasteiger partial charge on any atom is 0.529 e. The Morgan fingerprint density at radius 1 is 1.21 bits per heavy atom. The molecule has 1 fully saturated rings. The number of nitrogen functional groups attached to an aromatic ring is 1. The van der Waals surface area contributed by atoms with Crippen molar-refractivity contribution in [3.05, 3.63) is 48.8 Å². The van der Waals surface area contributed by atoms with E-state index in [2.05, 4.69) is 32.5 Å². The number of nitrogens with two attached hydrogens (primary N) is 1. The minimum atomic E-state index is -4.69. The number of ether oxygens (including phenoxy) is 1. The van der Waals surface area contributed by atoms with Gasteiger partial charge in [0.25, 0.3) is 0 Å². The minimum absolute atomic E-state index is 0.0185. The van der Waals surface area contributed by atoms with E-state index >= 15 is 0 Å². The van der Waals surface area contributed by atoms with Gasteiger partial charge >= 0.3 is 13.8 Å². The standard InChI is InChI=1S/C28H38N7O6P/c1-2-3-7-14-39-17-23(31-20-8-5-4-6-9-20)27(36)41-42(37,38)40-16-19-10-13-22(15-19)35-18-30-24-25(32-21-11-12-21)33-28(29)34-26(24)35/h4-6,8-10,13,18-19,21-23,31H,2-3,7,11-12,14-17H2,1H3,(H,37,38)(H3,29,32,33,34)/t19-,22+,23+/m1/s1. The smallest absolute Gasteiger partial charge is 0.379 e. The Balaban J connectivity index is 1.15. The first kappa shape index (κ1) is 30.0. The summed E-state index contributed by atoms with van der Waals surface area (Å²) in [5.74, 6) is -0.355. The number of nitrogens with one attached hydrogen (secondary N) is 2. The molecule has 0 radical (unpaired) electrons. The Labute approximate surface area is 244 Å². The van der Waals surface area contributed by atoms with Crippen LogP contribution in [0.1, 0.15) is 51.5 Å². The quantitative estimate of drug-likeness (QED) is 0.104. The third-order valence-corrected chi connectivity index (χ3v) is 7.98. The van der Waals surface area contributed by atoms with Gasteiger partial charge < -0.3 is 30.2 Å². The second-order valence-corrected chi connectivity index (χ2v) is 12.0. The fourth-order valence-corrected chi connectivity index (χ4v) is 5.52. The number of fused-ring (bicyclic) bond motifs is 1. The molecule has 3 aromatic rings. The van der Waals surface area contributed by atoms with Gasteiger partial charge in [-0.25, -0.2) is 14.3 Å². The largest absolute Gasteiger partial charge is 0.529 e. The van der Waals surface area contributed by atoms with Crippen LogP contribution in [0.15, 0.2) is 48.8 Å². The molecule has 0 aliphatic heterocycles. The molecular weight excluding hydrogens is 561 g/mol. The number of para-hydroxylation sites is 1. The number of phosphoric acid groups is 1. The molecule has 2 aliphatic rings. The SMILES string of the molecule is CCCCCOC[C@H](Nc1ccccc1)C(=O)OP(=O)(O)OC[C@@H]1C=C[C@H](n2cnc3c(NC4CC4)nc(N)nc32)C1. The highest BCUT2D eigenvalue weighted by atomic mass is 31.2. The van der Waals surface area contributed by atoms with Crippen LogP contribution in [0.25, 0.3) is 11.2 Å². The van der Waals surface area contributed by atoms with Gasteiger partial charge in [0.05, 0.1) is 25.6 Å². The van der Waals surface area contributed by atoms with Crippen LogP contribution in [0.3, 0.4) is 0 Å². The molecule has 2 aromatic heterocycles. The van der Waals surface area contributed by atoms with Crippen molar-refractivity contribution in [1.29, 1.82) is 0 Å². The number of rotatable bonds is 16. The highest BCUT2D eigenvalue weighted by Gasteiger charge is 2.33. The van der Waals surface area contributed by atoms with Gasteiger partial charge in [0.15, 0.2) is 17.0 Å². The molecule has 226 valence electrons. The second kappa shape index (κ2) is 13.6. The second-order valence-electron chi connectivity index (χ2n) is 10.6. The van der Waals surface area contributed by atoms with E-state index in [0.717, 1.165) is 32.1 Å². The highest BCUT2D eigenvalue weighted by molar-refractivity contribution is 7.48. The average molecular weight is 600 g/mol. The molecule has 0 saturated heterocycles. The zero-order valence-corrected chi connectivity index (χ0v) is 24.5. The lowest BCUT2D eigenvalue weighted by Gasteiger charge is -2.21. The van der Waals surface area contributed by atoms with Crippen molar-refractivity contribution in [1.82, 2.24) is 19.5 Å². The molecule has 4 atom stereocenters. The Morgan fingerprint density at radius 2 is 2.02 bits per heavy atom. The van der Waals surface area contributed by atoms with Crippen molar-refractivity contribution in [3.8, 4) is 0 Å². The van der Waals surface area contributed by atoms with Crippen LogP contribution in [0, 0.1) is 5.92 Å². The Kier molecular flexibility index (Phi) is 9.73. The van der Waals surface area contributed by atoms with Gasteiger partial charge in [-0.1, -0.05) is 50.1 Å². The van der Waals surface area contributed by atoms with Crippen LogP contribution < -0.4 is 16.4 Å². The number of nitrogens with zero attached hydrogens (tertiary/aromatic N) is 4. The first-order valence-electron chi connectivity index (χ1n) is 14.4. The number of phosphoric ester groups is 1. The van der Waals surface area contributed by atoms with E-state index in [9.17, 15) is 14.3 Å². The molecule has 0 amide bonds. The van der Waals surface area contributed by atoms with Crippen LogP contribution in [-0.4, -0.2) is 62.3 Å². The predicted molar refractivity (Wildman–Crippen MR) is 159 cm³/mol. The molecule has 0 bridgehead atoms. The number of benzene rings is 1. The van der Waals surface area contributed by atoms with Crippen LogP contribution in [0.5, 0.6) is 0 Å². The molecule has 1 aromatic carbocycles. The highest BCUT2D eigenvalue weighted by Crippen LogP contribution is 2.45. The van der Waals surface area contributed by atoms with E-state index in [0.29, 0.717) is 41.7 Å². The van der Waals surface area contributed by atoms with Crippen molar-refractivity contribution in [3.63, 3.8) is 0 Å². The number of carbonyl (C=O) groups is 1. The number of allylic oxidation sites excluding steroid dienone is 1. The summed E-state index contributed by atoms with van der Waals surface area (Å²) in [4.78, 5) is 36.5. The Bertz CT molecular complexity index is 1430. The zero-order chi connectivity index (χ0) is 29.5. The molecule has 1 saturated carbocycles. The predicted octanol–water partition coefficient (Wildman–Crippen LogP) is 4.45. The Hall–Kier alpha value is -3.51. The van der Waals surface area contributed by atoms with Gasteiger partial charge in [-0.3, -0.25) is 9.42 Å². The number of carbonyl (C=O) groups excluding carboxylic acids is 1. The van der Waals surface area contributed by atoms with Gasteiger partial charge in [-0.15, -0.1) is 0 Å². The number of anilines is 3. The molecular formula is C28H38N7O6P. The molecule has 0 spiro atoms. The Morgan fingerprint density at radius 3 is 2.79 bits per heavy atom. The molecule has 14 heteroatoms. The molecule has 5 rings (SSSR count). The summed E-state index contributed by atoms with van der Waals surface area (Å²) in [5.41, 5.74) is 7.87. The van der Waals surface area contributed by atoms with Crippen molar-refractivity contribution in [2.45, 2.75) is 63.6 Å². The van der Waals surface area contributed by atoms with E-state index < -0.39 is 19.8 Å². The molecule has 13 nitrogen and oxygen atoms in total. The summed E-state index contributed by atoms with van der Waals surface area (Å²) in [6, 6.07) is 8.31. The van der Waals surface area contributed by atoms with Crippen molar-refractivity contribution in [2.24, 2.45) is 5.92 Å². The van der Waals surface area contributed by atoms with Gasteiger partial charge in [-0.05, 0) is 37.8 Å². The van der Waals surface area contributed by atoms with E-state index in [1.165, 1.54) is 0 Å². The number of unbranched alkanes of at least 4 members (excludes halogenated alkanes) is 2. The molecule has 2 heterocycles. The molecule has 1 unspecified atom stereocenters. The number of imidazole rings is 1. The lowest BCUT2D eigenvalue weighted by molar-refractivity contribution is -0.138. The van der Waals surface area contributed by atoms with Crippen molar-refractivity contribution >= 4 is 42.4 Å². The topological polar surface area (TPSA) is 176 Å². The fourth-order valence-electron chi connectivity index (χ4n) is 4.73. The summed E-state index contributed by atoms with van der Waals surface area (Å²) < 4.78 is 30.5. The molecule has 2 aliphatic carbocycles. The van der Waals surface area contributed by atoms with Gasteiger partial charge in [0.2, 0.25) is 5.95 Å². The van der Waals surface area contributed by atoms with Gasteiger partial charge in [-0.2, -0.15) is 9.97 Å². The van der Waals surface area contributed by atoms with E-state index in [4.69, 9.17) is 19.5 Å². The van der Waals surface area contributed by atoms with E-state index in [-0.39, 0.29) is 31.1 Å². The van der Waals surface area contributed by atoms with Crippen molar-refractivity contribution in [2.75, 3.05) is 36.2 Å². The van der Waals surface area contributed by atoms with Crippen LogP contribution in [0.2, 0.25) is 0 Å². The van der Waals surface area contributed by atoms with Crippen LogP contribution in [-0.2, 0) is 23.1 Å². The summed E-state index contributed by atoms with van der Waals surface area (Å²) in [6.07, 6.45) is 11.2. The monoisotopic (exact) mass is 599 g/mol. The fraction of sp³-hybridized carbons (Fsp3) is 0.500. The molecule has 42 heavy (non-hydrogen) atoms. The van der Waals surface area contributed by atoms with Gasteiger partial charge in [0, 0.05) is 24.3 Å². The van der Waals surface area contributed by atoms with Crippen LogP contribution in [0.4, 0.5) is 17.5 Å². The summed E-state index contributed by atoms with van der Waals surface area (Å²) >= 11 is 0. The summed E-state index contributed by atoms with van der Waals surface area (Å²) in [7, 11) is -4.69. The molecule has 5 N–H and O–H groups in total. The number of hydrogen-bond acceptors (Lipinski definition) is 11. The zero-order valence-electron chi connectivity index (χ0n) is 23.6. The van der Waals surface area contributed by atoms with E-state index in [1.54, 1.807) is 18.5 Å². The summed E-state index contributed by atoms with van der Waals surface area (Å²) in [5, 5.41) is 6.36. The first-order chi connectivity index (χ1) is 20.3. The summed E-state index contributed by atoms with van der Waals surface area (Å²) in [6.45, 7) is 2.43. The van der Waals surface area contributed by atoms with Crippen LogP contribution >= 0.6 is 7.82 Å². The van der Waals surface area contributed by atoms with Gasteiger partial charge in [0.1, 0.15) is 6.04 Å². The lowest BCUT2D eigenvalue weighted by atomic mass is 10.1. The third kappa shape index (κ3) is 8.07. The third-order valence-electron chi connectivity index (χ3n) is 7.10. The number of aromatic nitrogens is 4. The first-order valence-corrected chi connectivity index (χ1v) is 15.9. The van der Waals surface area contributed by atoms with Crippen molar-refractivity contribution < 1.29 is 28.0 Å². The maximum absolute atomic E-state index is 12.9. The number of hydrogen-bond donors (Lipinski definition) is 4. The normalized spacial score (nSPS) is 20.3.